The fraction of sp³-hybridized carbons (Fsp3) is 0.278. The molecular weight excluding hydrogens is 307 g/mol. The van der Waals surface area contributed by atoms with E-state index < -0.39 is 11.4 Å². The summed E-state index contributed by atoms with van der Waals surface area (Å²) in [5.74, 6) is -0.173. The molecule has 2 aromatic rings. The van der Waals surface area contributed by atoms with Gasteiger partial charge in [0.1, 0.15) is 17.6 Å². The van der Waals surface area contributed by atoms with Crippen molar-refractivity contribution < 1.29 is 9.18 Å². The van der Waals surface area contributed by atoms with E-state index in [1.54, 1.807) is 13.2 Å². The summed E-state index contributed by atoms with van der Waals surface area (Å²) in [4.78, 5) is 15.9. The van der Waals surface area contributed by atoms with Crippen molar-refractivity contribution in [1.82, 2.24) is 15.6 Å². The minimum atomic E-state index is -0.948. The molecule has 124 valence electrons. The Kier molecular flexibility index (Phi) is 4.29. The number of rotatable bonds is 5. The van der Waals surface area contributed by atoms with Crippen LogP contribution in [-0.2, 0) is 10.3 Å². The summed E-state index contributed by atoms with van der Waals surface area (Å²) in [6.07, 6.45) is 5.47. The third-order valence-corrected chi connectivity index (χ3v) is 4.37. The van der Waals surface area contributed by atoms with Crippen LogP contribution in [-0.4, -0.2) is 24.3 Å². The van der Waals surface area contributed by atoms with Crippen LogP contribution in [0, 0.1) is 17.1 Å². The smallest absolute Gasteiger partial charge is 0.189 e. The predicted molar refractivity (Wildman–Crippen MR) is 90.0 cm³/mol. The van der Waals surface area contributed by atoms with Gasteiger partial charge in [0.15, 0.2) is 5.96 Å². The number of hydrogen-bond donors (Lipinski definition) is 3. The third kappa shape index (κ3) is 2.99. The van der Waals surface area contributed by atoms with E-state index in [2.05, 4.69) is 15.6 Å². The zero-order chi connectivity index (χ0) is 17.2. The molecule has 1 unspecified atom stereocenters. The molecular formula is C18H19FN4O. The maximum atomic E-state index is 13.4. The Balaban J connectivity index is 2.04. The number of benzene rings is 1. The van der Waals surface area contributed by atoms with Crippen LogP contribution < -0.4 is 10.6 Å². The highest BCUT2D eigenvalue weighted by Crippen LogP contribution is 2.45. The van der Waals surface area contributed by atoms with Crippen molar-refractivity contribution in [2.45, 2.75) is 18.4 Å². The van der Waals surface area contributed by atoms with E-state index in [0.717, 1.165) is 36.5 Å². The number of aldehydes is 1. The summed E-state index contributed by atoms with van der Waals surface area (Å²) < 4.78 is 13.4. The van der Waals surface area contributed by atoms with Crippen LogP contribution in [0.4, 0.5) is 4.39 Å². The molecule has 24 heavy (non-hydrogen) atoms. The number of hydrogen-bond acceptors (Lipinski definition) is 3. The molecule has 3 rings (SSSR count). The molecule has 0 saturated heterocycles. The number of pyridine rings is 1. The van der Waals surface area contributed by atoms with Gasteiger partial charge >= 0.3 is 0 Å². The van der Waals surface area contributed by atoms with Gasteiger partial charge in [0.2, 0.25) is 0 Å². The van der Waals surface area contributed by atoms with Gasteiger partial charge in [-0.05, 0) is 42.0 Å². The molecule has 1 atom stereocenters. The molecule has 1 aliphatic carbocycles. The van der Waals surface area contributed by atoms with Crippen LogP contribution >= 0.6 is 0 Å². The monoisotopic (exact) mass is 326 g/mol. The van der Waals surface area contributed by atoms with Gasteiger partial charge in [-0.3, -0.25) is 10.4 Å². The van der Waals surface area contributed by atoms with Crippen molar-refractivity contribution in [2.24, 2.45) is 5.92 Å². The Labute approximate surface area is 139 Å². The Hall–Kier alpha value is -2.76. The summed E-state index contributed by atoms with van der Waals surface area (Å²) in [5, 5.41) is 13.6. The molecule has 6 heteroatoms. The first-order chi connectivity index (χ1) is 11.6. The van der Waals surface area contributed by atoms with Crippen LogP contribution in [0.25, 0.3) is 11.1 Å². The van der Waals surface area contributed by atoms with E-state index in [1.165, 1.54) is 6.07 Å². The number of guanidine groups is 1. The van der Waals surface area contributed by atoms with Gasteiger partial charge in [-0.2, -0.15) is 0 Å². The van der Waals surface area contributed by atoms with Gasteiger partial charge in [0, 0.05) is 18.8 Å². The first-order valence-electron chi connectivity index (χ1n) is 7.81. The number of nitrogens with zero attached hydrogens (tertiary/aromatic N) is 1. The second-order valence-electron chi connectivity index (χ2n) is 5.98. The zero-order valence-electron chi connectivity index (χ0n) is 13.3. The van der Waals surface area contributed by atoms with E-state index in [0.29, 0.717) is 5.56 Å². The maximum absolute atomic E-state index is 13.4. The van der Waals surface area contributed by atoms with Crippen LogP contribution in [0.15, 0.2) is 42.7 Å². The van der Waals surface area contributed by atoms with Crippen molar-refractivity contribution in [3.63, 3.8) is 0 Å². The lowest BCUT2D eigenvalue weighted by Crippen LogP contribution is -2.52. The molecule has 1 heterocycles. The molecule has 1 fully saturated rings. The van der Waals surface area contributed by atoms with Gasteiger partial charge in [-0.1, -0.05) is 18.2 Å². The van der Waals surface area contributed by atoms with Crippen LogP contribution in [0.3, 0.4) is 0 Å². The fourth-order valence-corrected chi connectivity index (χ4v) is 2.94. The summed E-state index contributed by atoms with van der Waals surface area (Å²) in [6, 6.07) is 8.82. The second-order valence-corrected chi connectivity index (χ2v) is 5.98. The molecule has 1 saturated carbocycles. The average molecular weight is 326 g/mol. The van der Waals surface area contributed by atoms with E-state index >= 15 is 0 Å². The average Bonchev–Trinajstić information content (AvgIpc) is 3.45. The minimum Gasteiger partial charge on any atom is -0.360 e. The minimum absolute atomic E-state index is 0.0897. The van der Waals surface area contributed by atoms with Gasteiger partial charge in [-0.25, -0.2) is 4.39 Å². The second kappa shape index (κ2) is 6.39. The standard InChI is InChI=1S/C18H19FN4O/c1-21-17(20)23-18(11-24,14-5-6-14)15-4-2-3-12(7-15)13-8-16(19)10-22-9-13/h2-4,7-11,14H,5-6H2,1H3,(H3,20,21,23). The fourth-order valence-electron chi connectivity index (χ4n) is 2.94. The zero-order valence-corrected chi connectivity index (χ0v) is 13.3. The Morgan fingerprint density at radius 2 is 2.12 bits per heavy atom. The third-order valence-electron chi connectivity index (χ3n) is 4.37. The van der Waals surface area contributed by atoms with E-state index in [1.807, 2.05) is 24.3 Å². The van der Waals surface area contributed by atoms with Crippen LogP contribution in [0.5, 0.6) is 0 Å². The summed E-state index contributed by atoms with van der Waals surface area (Å²) >= 11 is 0. The number of carbonyl (C=O) groups is 1. The maximum Gasteiger partial charge on any atom is 0.189 e. The Morgan fingerprint density at radius 3 is 2.75 bits per heavy atom. The molecule has 0 radical (unpaired) electrons. The van der Waals surface area contributed by atoms with Crippen molar-refractivity contribution in [3.05, 3.63) is 54.1 Å². The molecule has 0 aliphatic heterocycles. The van der Waals surface area contributed by atoms with Gasteiger partial charge < -0.3 is 15.4 Å². The number of halogens is 1. The lowest BCUT2D eigenvalue weighted by Gasteiger charge is -2.31. The number of nitrogens with one attached hydrogen (secondary N) is 3. The molecule has 0 bridgehead atoms. The van der Waals surface area contributed by atoms with Crippen molar-refractivity contribution in [1.29, 1.82) is 5.41 Å². The topological polar surface area (TPSA) is 77.9 Å². The molecule has 1 aromatic carbocycles. The highest BCUT2D eigenvalue weighted by molar-refractivity contribution is 5.84. The Morgan fingerprint density at radius 1 is 1.33 bits per heavy atom. The largest absolute Gasteiger partial charge is 0.360 e. The SMILES string of the molecule is CNC(=N)NC(C=O)(c1cccc(-c2cncc(F)c2)c1)C1CC1. The van der Waals surface area contributed by atoms with E-state index in [-0.39, 0.29) is 11.9 Å². The van der Waals surface area contributed by atoms with Crippen molar-refractivity contribution >= 4 is 12.2 Å². The summed E-state index contributed by atoms with van der Waals surface area (Å²) in [5.41, 5.74) is 1.25. The molecule has 1 aromatic heterocycles. The van der Waals surface area contributed by atoms with Crippen LogP contribution in [0.2, 0.25) is 0 Å². The molecule has 3 N–H and O–H groups in total. The normalized spacial score (nSPS) is 16.1. The van der Waals surface area contributed by atoms with Crippen molar-refractivity contribution in [2.75, 3.05) is 7.05 Å². The quantitative estimate of drug-likeness (QED) is 0.448. The first kappa shape index (κ1) is 16.1. The first-order valence-corrected chi connectivity index (χ1v) is 7.81. The summed E-state index contributed by atoms with van der Waals surface area (Å²) in [7, 11) is 1.63. The van der Waals surface area contributed by atoms with E-state index in [4.69, 9.17) is 5.41 Å². The number of aromatic nitrogens is 1. The summed E-state index contributed by atoms with van der Waals surface area (Å²) in [6.45, 7) is 0. The lowest BCUT2D eigenvalue weighted by molar-refractivity contribution is -0.114. The van der Waals surface area contributed by atoms with E-state index in [9.17, 15) is 9.18 Å². The molecule has 1 aliphatic rings. The highest BCUT2D eigenvalue weighted by Gasteiger charge is 2.47. The van der Waals surface area contributed by atoms with Gasteiger partial charge in [0.05, 0.1) is 6.20 Å². The molecule has 0 spiro atoms. The molecule has 5 nitrogen and oxygen atoms in total. The van der Waals surface area contributed by atoms with Gasteiger partial charge in [0.25, 0.3) is 0 Å². The van der Waals surface area contributed by atoms with Gasteiger partial charge in [-0.15, -0.1) is 0 Å². The molecule has 0 amide bonds. The number of carbonyl (C=O) groups excluding carboxylic acids is 1. The lowest BCUT2D eigenvalue weighted by atomic mass is 9.85. The van der Waals surface area contributed by atoms with Crippen LogP contribution in [0.1, 0.15) is 18.4 Å². The highest BCUT2D eigenvalue weighted by atomic mass is 19.1. The predicted octanol–water partition coefficient (Wildman–Crippen LogP) is 2.44. The Bertz CT molecular complexity index is 775. The van der Waals surface area contributed by atoms with Crippen molar-refractivity contribution in [3.8, 4) is 11.1 Å².